The summed E-state index contributed by atoms with van der Waals surface area (Å²) in [6.45, 7) is 5.61. The van der Waals surface area contributed by atoms with Gasteiger partial charge in [-0.3, -0.25) is 4.79 Å². The Hall–Kier alpha value is -0.800. The third-order valence-electron chi connectivity index (χ3n) is 3.41. The van der Waals surface area contributed by atoms with Crippen molar-refractivity contribution in [1.29, 1.82) is 0 Å². The van der Waals surface area contributed by atoms with E-state index in [9.17, 15) is 4.79 Å². The lowest BCUT2D eigenvalue weighted by molar-refractivity contribution is 0.0580. The van der Waals surface area contributed by atoms with Gasteiger partial charge in [0.2, 0.25) is 0 Å². The van der Waals surface area contributed by atoms with Gasteiger partial charge in [-0.05, 0) is 32.8 Å². The van der Waals surface area contributed by atoms with E-state index < -0.39 is 0 Å². The number of aryl methyl sites for hydroxylation is 1. The van der Waals surface area contributed by atoms with Gasteiger partial charge in [-0.15, -0.1) is 11.6 Å². The lowest BCUT2D eigenvalue weighted by Gasteiger charge is -2.26. The number of halogens is 1. The normalized spacial score (nSPS) is 20.5. The number of carbonyl (C=O) groups is 1. The Kier molecular flexibility index (Phi) is 3.89. The Morgan fingerprint density at radius 2 is 2.35 bits per heavy atom. The van der Waals surface area contributed by atoms with Gasteiger partial charge in [0.1, 0.15) is 0 Å². The van der Waals surface area contributed by atoms with Crippen LogP contribution in [0.1, 0.15) is 40.6 Å². The maximum absolute atomic E-state index is 11.7. The molecule has 1 aromatic rings. The second kappa shape index (κ2) is 5.23. The van der Waals surface area contributed by atoms with Crippen LogP contribution in [0.3, 0.4) is 0 Å². The first-order chi connectivity index (χ1) is 8.15. The van der Waals surface area contributed by atoms with Crippen molar-refractivity contribution in [1.82, 2.24) is 4.57 Å². The van der Waals surface area contributed by atoms with Gasteiger partial charge in [0.25, 0.3) is 0 Å². The van der Waals surface area contributed by atoms with Gasteiger partial charge in [0.05, 0.1) is 18.5 Å². The van der Waals surface area contributed by atoms with E-state index in [0.717, 1.165) is 43.0 Å². The summed E-state index contributed by atoms with van der Waals surface area (Å²) in [5.74, 6) is 0.0496. The predicted molar refractivity (Wildman–Crippen MR) is 68.0 cm³/mol. The lowest BCUT2D eigenvalue weighted by Crippen LogP contribution is -2.23. The van der Waals surface area contributed by atoms with Crippen LogP contribution >= 0.6 is 11.6 Å². The molecular formula is C13H18ClNO2. The number of Topliss-reactive ketones (excluding diaryl/α,β-unsaturated/α-hetero) is 1. The number of alkyl halides is 1. The van der Waals surface area contributed by atoms with Crippen molar-refractivity contribution in [3.05, 3.63) is 23.0 Å². The Morgan fingerprint density at radius 3 is 2.94 bits per heavy atom. The van der Waals surface area contributed by atoms with E-state index in [4.69, 9.17) is 16.3 Å². The second-order valence-corrected chi connectivity index (χ2v) is 4.85. The van der Waals surface area contributed by atoms with Crippen molar-refractivity contribution in [3.63, 3.8) is 0 Å². The van der Waals surface area contributed by atoms with Crippen molar-refractivity contribution in [2.75, 3.05) is 19.1 Å². The molecule has 0 amide bonds. The molecule has 1 fully saturated rings. The number of hydrogen-bond donors (Lipinski definition) is 0. The van der Waals surface area contributed by atoms with Gasteiger partial charge in [-0.25, -0.2) is 0 Å². The standard InChI is InChI=1S/C13H18ClNO2/c1-9-6-12(13(16)7-14)10(2)15(9)11-4-3-5-17-8-11/h6,11H,3-5,7-8H2,1-2H3. The maximum Gasteiger partial charge on any atom is 0.179 e. The first kappa shape index (κ1) is 12.7. The fourth-order valence-electron chi connectivity index (χ4n) is 2.62. The first-order valence-electron chi connectivity index (χ1n) is 6.00. The molecule has 1 aliphatic heterocycles. The zero-order valence-corrected chi connectivity index (χ0v) is 11.1. The number of nitrogens with zero attached hydrogens (tertiary/aromatic N) is 1. The average molecular weight is 256 g/mol. The summed E-state index contributed by atoms with van der Waals surface area (Å²) in [4.78, 5) is 11.7. The topological polar surface area (TPSA) is 31.2 Å². The monoisotopic (exact) mass is 255 g/mol. The number of ketones is 1. The molecule has 1 atom stereocenters. The highest BCUT2D eigenvalue weighted by atomic mass is 35.5. The Bertz CT molecular complexity index is 419. The third-order valence-corrected chi connectivity index (χ3v) is 3.65. The molecule has 3 nitrogen and oxygen atoms in total. The van der Waals surface area contributed by atoms with Crippen LogP contribution in [0.25, 0.3) is 0 Å². The zero-order valence-electron chi connectivity index (χ0n) is 10.3. The number of hydrogen-bond acceptors (Lipinski definition) is 2. The summed E-state index contributed by atoms with van der Waals surface area (Å²) in [5, 5.41) is 0. The van der Waals surface area contributed by atoms with E-state index in [0.29, 0.717) is 6.04 Å². The molecule has 2 heterocycles. The third kappa shape index (κ3) is 2.40. The predicted octanol–water partition coefficient (Wildman–Crippen LogP) is 2.88. The molecule has 4 heteroatoms. The highest BCUT2D eigenvalue weighted by Crippen LogP contribution is 2.26. The number of aromatic nitrogens is 1. The molecule has 0 bridgehead atoms. The molecule has 0 saturated carbocycles. The van der Waals surface area contributed by atoms with Crippen LogP contribution in [0.4, 0.5) is 0 Å². The second-order valence-electron chi connectivity index (χ2n) is 4.58. The molecule has 0 N–H and O–H groups in total. The highest BCUT2D eigenvalue weighted by molar-refractivity contribution is 6.30. The van der Waals surface area contributed by atoms with Gasteiger partial charge in [-0.1, -0.05) is 0 Å². The van der Waals surface area contributed by atoms with Crippen LogP contribution in [0, 0.1) is 13.8 Å². The molecule has 2 rings (SSSR count). The number of ether oxygens (including phenoxy) is 1. The molecule has 1 unspecified atom stereocenters. The van der Waals surface area contributed by atoms with Gasteiger partial charge in [0, 0.05) is 23.6 Å². The number of carbonyl (C=O) groups excluding carboxylic acids is 1. The SMILES string of the molecule is Cc1cc(C(=O)CCl)c(C)n1C1CCCOC1. The van der Waals surface area contributed by atoms with Crippen LogP contribution < -0.4 is 0 Å². The van der Waals surface area contributed by atoms with Crippen LogP contribution in [-0.2, 0) is 4.74 Å². The summed E-state index contributed by atoms with van der Waals surface area (Å²) in [7, 11) is 0. The lowest BCUT2D eigenvalue weighted by atomic mass is 10.1. The molecule has 94 valence electrons. The molecule has 0 aliphatic carbocycles. The van der Waals surface area contributed by atoms with Crippen molar-refractivity contribution in [2.45, 2.75) is 32.7 Å². The van der Waals surface area contributed by atoms with Gasteiger partial charge < -0.3 is 9.30 Å². The van der Waals surface area contributed by atoms with Gasteiger partial charge >= 0.3 is 0 Å². The number of rotatable bonds is 3. The van der Waals surface area contributed by atoms with E-state index in [2.05, 4.69) is 4.57 Å². The van der Waals surface area contributed by atoms with Crippen LogP contribution in [-0.4, -0.2) is 29.4 Å². The molecule has 0 spiro atoms. The van der Waals surface area contributed by atoms with Gasteiger partial charge in [0.15, 0.2) is 5.78 Å². The quantitative estimate of drug-likeness (QED) is 0.614. The minimum Gasteiger partial charge on any atom is -0.379 e. The Labute approximate surface area is 107 Å². The molecule has 1 aliphatic rings. The zero-order chi connectivity index (χ0) is 12.4. The molecule has 1 aromatic heterocycles. The van der Waals surface area contributed by atoms with E-state index in [1.807, 2.05) is 19.9 Å². The average Bonchev–Trinajstić information content (AvgIpc) is 2.65. The van der Waals surface area contributed by atoms with E-state index in [1.54, 1.807) is 0 Å². The largest absolute Gasteiger partial charge is 0.379 e. The highest BCUT2D eigenvalue weighted by Gasteiger charge is 2.22. The summed E-state index contributed by atoms with van der Waals surface area (Å²) in [5.41, 5.74) is 2.89. The molecule has 0 aromatic carbocycles. The Morgan fingerprint density at radius 1 is 1.59 bits per heavy atom. The van der Waals surface area contributed by atoms with Crippen molar-refractivity contribution in [3.8, 4) is 0 Å². The summed E-state index contributed by atoms with van der Waals surface area (Å²) in [6.07, 6.45) is 2.20. The molecule has 17 heavy (non-hydrogen) atoms. The molecule has 1 saturated heterocycles. The van der Waals surface area contributed by atoms with Crippen molar-refractivity contribution >= 4 is 17.4 Å². The van der Waals surface area contributed by atoms with Crippen LogP contribution in [0.15, 0.2) is 6.07 Å². The summed E-state index contributed by atoms with van der Waals surface area (Å²) < 4.78 is 7.73. The Balaban J connectivity index is 2.33. The fourth-order valence-corrected chi connectivity index (χ4v) is 2.76. The first-order valence-corrected chi connectivity index (χ1v) is 6.54. The van der Waals surface area contributed by atoms with E-state index >= 15 is 0 Å². The minimum atomic E-state index is 0.00254. The smallest absolute Gasteiger partial charge is 0.179 e. The van der Waals surface area contributed by atoms with Crippen LogP contribution in [0.2, 0.25) is 0 Å². The van der Waals surface area contributed by atoms with Gasteiger partial charge in [-0.2, -0.15) is 0 Å². The van der Waals surface area contributed by atoms with Crippen LogP contribution in [0.5, 0.6) is 0 Å². The molecule has 0 radical (unpaired) electrons. The van der Waals surface area contributed by atoms with E-state index in [-0.39, 0.29) is 11.7 Å². The summed E-state index contributed by atoms with van der Waals surface area (Å²) in [6, 6.07) is 2.30. The minimum absolute atomic E-state index is 0.00254. The molecular weight excluding hydrogens is 238 g/mol. The van der Waals surface area contributed by atoms with Crippen molar-refractivity contribution < 1.29 is 9.53 Å². The maximum atomic E-state index is 11.7. The fraction of sp³-hybridized carbons (Fsp3) is 0.615. The van der Waals surface area contributed by atoms with E-state index in [1.165, 1.54) is 0 Å². The summed E-state index contributed by atoms with van der Waals surface area (Å²) >= 11 is 5.62. The van der Waals surface area contributed by atoms with Crippen molar-refractivity contribution in [2.24, 2.45) is 0 Å².